The molecular weight excluding hydrogens is 636 g/mol. The average molecular weight is 664 g/mol. The van der Waals surface area contributed by atoms with Crippen LogP contribution in [-0.4, -0.2) is 4.57 Å². The first kappa shape index (κ1) is 29.5. The van der Waals surface area contributed by atoms with Crippen LogP contribution in [0.4, 0.5) is 13.2 Å². The first-order valence-electron chi connectivity index (χ1n) is 17.0. The van der Waals surface area contributed by atoms with Gasteiger partial charge in [0.2, 0.25) is 0 Å². The minimum absolute atomic E-state index is 0.470. The van der Waals surface area contributed by atoms with Crippen LogP contribution in [0.15, 0.2) is 170 Å². The maximum atomic E-state index is 14.0. The Bertz CT molecular complexity index is 2840. The molecule has 1 nitrogen and oxygen atoms in total. The highest BCUT2D eigenvalue weighted by Gasteiger charge is 2.31. The summed E-state index contributed by atoms with van der Waals surface area (Å²) in [5, 5.41) is 11.3. The predicted octanol–water partition coefficient (Wildman–Crippen LogP) is 13.7. The lowest BCUT2D eigenvalue weighted by Crippen LogP contribution is -2.06. The van der Waals surface area contributed by atoms with Crippen LogP contribution in [0, 0.1) is 0 Å². The van der Waals surface area contributed by atoms with Gasteiger partial charge in [-0.3, -0.25) is 0 Å². The van der Waals surface area contributed by atoms with Gasteiger partial charge in [0.05, 0.1) is 16.6 Å². The Hall–Kier alpha value is -6.39. The summed E-state index contributed by atoms with van der Waals surface area (Å²) in [7, 11) is 0. The molecule has 0 N–H and O–H groups in total. The third-order valence-corrected chi connectivity index (χ3v) is 10.4. The molecule has 1 aromatic heterocycles. The Morgan fingerprint density at radius 1 is 0.353 bits per heavy atom. The zero-order chi connectivity index (χ0) is 34.3. The summed E-state index contributed by atoms with van der Waals surface area (Å²) in [6.07, 6.45) is -4.45. The summed E-state index contributed by atoms with van der Waals surface area (Å²) in [6.45, 7) is 0. The Labute approximate surface area is 291 Å². The number of halogens is 3. The van der Waals surface area contributed by atoms with Crippen molar-refractivity contribution >= 4 is 64.9 Å². The fraction of sp³-hybridized carbons (Fsp3) is 0.0213. The van der Waals surface area contributed by atoms with Gasteiger partial charge >= 0.3 is 6.18 Å². The molecule has 0 aliphatic rings. The second kappa shape index (κ2) is 11.1. The second-order valence-electron chi connectivity index (χ2n) is 13.2. The molecular formula is C47H28F3N. The third kappa shape index (κ3) is 4.64. The number of benzene rings is 9. The smallest absolute Gasteiger partial charge is 0.309 e. The van der Waals surface area contributed by atoms with E-state index in [1.807, 2.05) is 4.57 Å². The van der Waals surface area contributed by atoms with Crippen molar-refractivity contribution in [2.24, 2.45) is 0 Å². The van der Waals surface area contributed by atoms with Gasteiger partial charge in [-0.25, -0.2) is 0 Å². The number of aromatic nitrogens is 1. The van der Waals surface area contributed by atoms with Crippen LogP contribution in [0.5, 0.6) is 0 Å². The highest BCUT2D eigenvalue weighted by atomic mass is 19.4. The second-order valence-corrected chi connectivity index (χ2v) is 13.2. The standard InChI is InChI=1S/C47H28F3N/c48-47(49,50)33-12-9-13-34(28-33)51-45-22-20-31(41-24-29-10-1-3-14-35(29)37-16-5-7-18-39(37)41)26-43(45)44-27-32(21-23-46(44)51)42-25-30-11-2-4-15-36(30)38-17-6-8-19-40(38)42/h1-28H. The van der Waals surface area contributed by atoms with Crippen molar-refractivity contribution in [3.63, 3.8) is 0 Å². The highest BCUT2D eigenvalue weighted by Crippen LogP contribution is 2.42. The molecule has 242 valence electrons. The molecule has 0 radical (unpaired) electrons. The van der Waals surface area contributed by atoms with Crippen molar-refractivity contribution in [3.05, 3.63) is 175 Å². The molecule has 0 saturated heterocycles. The highest BCUT2D eigenvalue weighted by molar-refractivity contribution is 6.18. The molecule has 0 atom stereocenters. The van der Waals surface area contributed by atoms with E-state index in [4.69, 9.17) is 0 Å². The van der Waals surface area contributed by atoms with Crippen molar-refractivity contribution in [2.45, 2.75) is 6.18 Å². The van der Waals surface area contributed by atoms with Gasteiger partial charge in [0.15, 0.2) is 0 Å². The topological polar surface area (TPSA) is 4.93 Å². The van der Waals surface area contributed by atoms with E-state index < -0.39 is 11.7 Å². The number of rotatable bonds is 3. The van der Waals surface area contributed by atoms with Gasteiger partial charge < -0.3 is 4.57 Å². The fourth-order valence-electron chi connectivity index (χ4n) is 8.04. The molecule has 0 bridgehead atoms. The lowest BCUT2D eigenvalue weighted by Gasteiger charge is -2.13. The molecule has 51 heavy (non-hydrogen) atoms. The average Bonchev–Trinajstić information content (AvgIpc) is 3.50. The third-order valence-electron chi connectivity index (χ3n) is 10.4. The number of fused-ring (bicyclic) bond motifs is 9. The largest absolute Gasteiger partial charge is 0.416 e. The predicted molar refractivity (Wildman–Crippen MR) is 207 cm³/mol. The van der Waals surface area contributed by atoms with E-state index in [1.165, 1.54) is 33.7 Å². The van der Waals surface area contributed by atoms with Crippen LogP contribution in [0.25, 0.3) is 92.8 Å². The molecule has 0 unspecified atom stereocenters. The lowest BCUT2D eigenvalue weighted by molar-refractivity contribution is -0.137. The van der Waals surface area contributed by atoms with E-state index in [1.54, 1.807) is 6.07 Å². The number of hydrogen-bond donors (Lipinski definition) is 0. The number of nitrogens with zero attached hydrogens (tertiary/aromatic N) is 1. The van der Waals surface area contributed by atoms with Crippen LogP contribution < -0.4 is 0 Å². The minimum Gasteiger partial charge on any atom is -0.309 e. The first-order chi connectivity index (χ1) is 24.9. The zero-order valence-electron chi connectivity index (χ0n) is 27.2. The maximum absolute atomic E-state index is 14.0. The summed E-state index contributed by atoms with van der Waals surface area (Å²) < 4.78 is 43.9. The van der Waals surface area contributed by atoms with Gasteiger partial charge in [-0.1, -0.05) is 115 Å². The quantitative estimate of drug-likeness (QED) is 0.166. The van der Waals surface area contributed by atoms with Crippen molar-refractivity contribution in [1.29, 1.82) is 0 Å². The van der Waals surface area contributed by atoms with Crippen LogP contribution in [0.3, 0.4) is 0 Å². The Balaban J connectivity index is 1.28. The van der Waals surface area contributed by atoms with Crippen LogP contribution in [-0.2, 0) is 6.18 Å². The summed E-state index contributed by atoms with van der Waals surface area (Å²) >= 11 is 0. The van der Waals surface area contributed by atoms with Crippen molar-refractivity contribution in [1.82, 2.24) is 4.57 Å². The van der Waals surface area contributed by atoms with Crippen LogP contribution in [0.2, 0.25) is 0 Å². The lowest BCUT2D eigenvalue weighted by atomic mass is 9.92. The molecule has 0 fully saturated rings. The molecule has 0 saturated carbocycles. The monoisotopic (exact) mass is 663 g/mol. The van der Waals surface area contributed by atoms with E-state index in [2.05, 4.69) is 146 Å². The molecule has 0 aliphatic carbocycles. The van der Waals surface area contributed by atoms with Crippen molar-refractivity contribution in [2.75, 3.05) is 0 Å². The van der Waals surface area contributed by atoms with E-state index >= 15 is 0 Å². The van der Waals surface area contributed by atoms with Gasteiger partial charge in [-0.05, 0) is 120 Å². The van der Waals surface area contributed by atoms with Gasteiger partial charge in [0.25, 0.3) is 0 Å². The molecule has 4 heteroatoms. The summed E-state index contributed by atoms with van der Waals surface area (Å²) in [4.78, 5) is 0. The van der Waals surface area contributed by atoms with Gasteiger partial charge in [-0.15, -0.1) is 0 Å². The molecule has 0 amide bonds. The normalized spacial score (nSPS) is 12.2. The van der Waals surface area contributed by atoms with E-state index in [9.17, 15) is 13.2 Å². The van der Waals surface area contributed by atoms with Crippen molar-refractivity contribution < 1.29 is 13.2 Å². The Kier molecular flexibility index (Phi) is 6.40. The van der Waals surface area contributed by atoms with Crippen molar-refractivity contribution in [3.8, 4) is 27.9 Å². The molecule has 0 aliphatic heterocycles. The summed E-state index contributed by atoms with van der Waals surface area (Å²) in [5.74, 6) is 0. The Morgan fingerprint density at radius 3 is 1.29 bits per heavy atom. The SMILES string of the molecule is FC(F)(F)c1cccc(-n2c3ccc(-c4cc5ccccc5c5ccccc45)cc3c3cc(-c4cc5ccccc5c5ccccc45)ccc32)c1. The van der Waals surface area contributed by atoms with Gasteiger partial charge in [0, 0.05) is 16.5 Å². The molecule has 0 spiro atoms. The molecule has 9 aromatic carbocycles. The van der Waals surface area contributed by atoms with E-state index in [-0.39, 0.29) is 0 Å². The minimum atomic E-state index is -4.45. The van der Waals surface area contributed by atoms with Gasteiger partial charge in [-0.2, -0.15) is 13.2 Å². The summed E-state index contributed by atoms with van der Waals surface area (Å²) in [5.41, 5.74) is 5.82. The zero-order valence-corrected chi connectivity index (χ0v) is 27.2. The fourth-order valence-corrected chi connectivity index (χ4v) is 8.04. The van der Waals surface area contributed by atoms with E-state index in [0.29, 0.717) is 5.69 Å². The first-order valence-corrected chi connectivity index (χ1v) is 17.0. The van der Waals surface area contributed by atoms with Crippen LogP contribution in [0.1, 0.15) is 5.56 Å². The van der Waals surface area contributed by atoms with Crippen LogP contribution >= 0.6 is 0 Å². The number of hydrogen-bond acceptors (Lipinski definition) is 0. The maximum Gasteiger partial charge on any atom is 0.416 e. The Morgan fingerprint density at radius 2 is 0.804 bits per heavy atom. The molecule has 10 aromatic rings. The van der Waals surface area contributed by atoms with E-state index in [0.717, 1.165) is 71.7 Å². The summed E-state index contributed by atoms with van der Waals surface area (Å²) in [6, 6.07) is 56.6. The molecule has 1 heterocycles. The molecule has 10 rings (SSSR count). The van der Waals surface area contributed by atoms with Gasteiger partial charge in [0.1, 0.15) is 0 Å². The number of alkyl halides is 3.